The molecule has 0 aliphatic carbocycles. The first-order valence-electron chi connectivity index (χ1n) is 5.64. The third-order valence-corrected chi connectivity index (χ3v) is 2.18. The van der Waals surface area contributed by atoms with E-state index in [2.05, 4.69) is 45.6 Å². The molecular weight excluding hydrogens is 172 g/mol. The first kappa shape index (κ1) is 13.4. The van der Waals surface area contributed by atoms with Crippen LogP contribution in [-0.2, 0) is 0 Å². The summed E-state index contributed by atoms with van der Waals surface area (Å²) in [5.74, 6) is 1.27. The van der Waals surface area contributed by atoms with Crippen molar-refractivity contribution in [3.63, 3.8) is 0 Å². The second kappa shape index (κ2) is 6.84. The van der Waals surface area contributed by atoms with Crippen molar-refractivity contribution >= 4 is 0 Å². The summed E-state index contributed by atoms with van der Waals surface area (Å²) in [6, 6.07) is 2.49. The Morgan fingerprint density at radius 3 is 1.71 bits per heavy atom. The average Bonchev–Trinajstić information content (AvgIpc) is 2.03. The van der Waals surface area contributed by atoms with Crippen LogP contribution < -0.4 is 0 Å². The second-order valence-electron chi connectivity index (χ2n) is 4.79. The van der Waals surface area contributed by atoms with E-state index in [0.29, 0.717) is 11.8 Å². The number of hydrogen-bond donors (Lipinski definition) is 0. The lowest BCUT2D eigenvalue weighted by Crippen LogP contribution is -2.39. The largest absolute Gasteiger partial charge is 0.288 e. The highest BCUT2D eigenvalue weighted by Gasteiger charge is 2.17. The first-order valence-corrected chi connectivity index (χ1v) is 5.64. The van der Waals surface area contributed by atoms with Gasteiger partial charge in [0.1, 0.15) is 0 Å². The highest BCUT2D eigenvalue weighted by molar-refractivity contribution is 4.91. The van der Waals surface area contributed by atoms with Gasteiger partial charge in [-0.2, -0.15) is 5.26 Å². The Bertz CT molecular complexity index is 169. The molecular formula is C12H24N2. The molecule has 0 radical (unpaired) electrons. The first-order chi connectivity index (χ1) is 6.51. The van der Waals surface area contributed by atoms with Crippen molar-refractivity contribution in [2.24, 2.45) is 11.8 Å². The van der Waals surface area contributed by atoms with Crippen molar-refractivity contribution in [3.8, 4) is 6.07 Å². The zero-order chi connectivity index (χ0) is 11.1. The molecule has 14 heavy (non-hydrogen) atoms. The van der Waals surface area contributed by atoms with Gasteiger partial charge in [-0.05, 0) is 18.3 Å². The fourth-order valence-corrected chi connectivity index (χ4v) is 1.70. The number of hydrogen-bond acceptors (Lipinski definition) is 2. The van der Waals surface area contributed by atoms with Gasteiger partial charge in [-0.1, -0.05) is 34.6 Å². The number of rotatable bonds is 6. The van der Waals surface area contributed by atoms with Crippen LogP contribution in [0, 0.1) is 23.2 Å². The summed E-state index contributed by atoms with van der Waals surface area (Å²) >= 11 is 0. The Morgan fingerprint density at radius 1 is 1.07 bits per heavy atom. The molecule has 0 saturated heterocycles. The molecule has 82 valence electrons. The molecule has 2 nitrogen and oxygen atoms in total. The van der Waals surface area contributed by atoms with Crippen LogP contribution >= 0.6 is 0 Å². The van der Waals surface area contributed by atoms with Gasteiger partial charge >= 0.3 is 0 Å². The summed E-state index contributed by atoms with van der Waals surface area (Å²) in [7, 11) is 0. The molecule has 0 rings (SSSR count). The van der Waals surface area contributed by atoms with Crippen LogP contribution in [0.2, 0.25) is 0 Å². The monoisotopic (exact) mass is 196 g/mol. The van der Waals surface area contributed by atoms with Gasteiger partial charge in [0.15, 0.2) is 0 Å². The van der Waals surface area contributed by atoms with E-state index in [-0.39, 0.29) is 6.04 Å². The van der Waals surface area contributed by atoms with Gasteiger partial charge in [0.2, 0.25) is 0 Å². The Balaban J connectivity index is 4.30. The normalized spacial score (nSPS) is 13.6. The smallest absolute Gasteiger partial charge is 0.0975 e. The van der Waals surface area contributed by atoms with Gasteiger partial charge in [0, 0.05) is 13.1 Å². The zero-order valence-electron chi connectivity index (χ0n) is 10.2. The Kier molecular flexibility index (Phi) is 6.57. The van der Waals surface area contributed by atoms with Crippen molar-refractivity contribution in [2.75, 3.05) is 13.1 Å². The van der Waals surface area contributed by atoms with Gasteiger partial charge in [-0.3, -0.25) is 4.90 Å². The Morgan fingerprint density at radius 2 is 1.50 bits per heavy atom. The van der Waals surface area contributed by atoms with Gasteiger partial charge in [-0.15, -0.1) is 0 Å². The van der Waals surface area contributed by atoms with Crippen molar-refractivity contribution in [1.29, 1.82) is 5.26 Å². The zero-order valence-corrected chi connectivity index (χ0v) is 10.2. The molecule has 0 spiro atoms. The molecule has 0 aromatic carbocycles. The molecule has 0 bridgehead atoms. The molecule has 0 fully saturated rings. The molecule has 0 aromatic heterocycles. The van der Waals surface area contributed by atoms with Crippen LogP contribution in [0.3, 0.4) is 0 Å². The molecule has 0 saturated carbocycles. The number of nitriles is 1. The van der Waals surface area contributed by atoms with Crippen LogP contribution in [0.25, 0.3) is 0 Å². The maximum Gasteiger partial charge on any atom is 0.0975 e. The molecule has 0 aromatic rings. The van der Waals surface area contributed by atoms with E-state index < -0.39 is 0 Å². The van der Waals surface area contributed by atoms with Gasteiger partial charge < -0.3 is 0 Å². The summed E-state index contributed by atoms with van der Waals surface area (Å²) in [5, 5.41) is 9.03. The van der Waals surface area contributed by atoms with Crippen molar-refractivity contribution in [2.45, 2.75) is 47.1 Å². The van der Waals surface area contributed by atoms with E-state index in [0.717, 1.165) is 19.5 Å². The van der Waals surface area contributed by atoms with E-state index in [9.17, 15) is 0 Å². The molecule has 0 amide bonds. The highest BCUT2D eigenvalue weighted by atomic mass is 15.2. The SMILES string of the molecule is CCC(C#N)N(CC(C)C)CC(C)C. The third kappa shape index (κ3) is 5.24. The van der Waals surface area contributed by atoms with E-state index in [4.69, 9.17) is 5.26 Å². The quantitative estimate of drug-likeness (QED) is 0.653. The van der Waals surface area contributed by atoms with E-state index in [1.807, 2.05) is 0 Å². The third-order valence-electron chi connectivity index (χ3n) is 2.18. The lowest BCUT2D eigenvalue weighted by atomic mass is 10.1. The topological polar surface area (TPSA) is 27.0 Å². The molecule has 1 atom stereocenters. The Labute approximate surface area is 88.9 Å². The second-order valence-corrected chi connectivity index (χ2v) is 4.79. The maximum atomic E-state index is 9.03. The molecule has 2 heteroatoms. The standard InChI is InChI=1S/C12H24N2/c1-6-12(7-13)14(8-10(2)3)9-11(4)5/h10-12H,6,8-9H2,1-5H3. The van der Waals surface area contributed by atoms with Gasteiger partial charge in [-0.25, -0.2) is 0 Å². The minimum atomic E-state index is 0.0970. The van der Waals surface area contributed by atoms with E-state index >= 15 is 0 Å². The summed E-state index contributed by atoms with van der Waals surface area (Å²) in [5.41, 5.74) is 0. The summed E-state index contributed by atoms with van der Waals surface area (Å²) < 4.78 is 0. The summed E-state index contributed by atoms with van der Waals surface area (Å²) in [4.78, 5) is 2.31. The summed E-state index contributed by atoms with van der Waals surface area (Å²) in [6.45, 7) is 13.0. The average molecular weight is 196 g/mol. The lowest BCUT2D eigenvalue weighted by molar-refractivity contribution is 0.183. The Hall–Kier alpha value is -0.550. The minimum absolute atomic E-state index is 0.0970. The predicted octanol–water partition coefficient (Wildman–Crippen LogP) is 2.90. The fraction of sp³-hybridized carbons (Fsp3) is 0.917. The van der Waals surface area contributed by atoms with Crippen LogP contribution in [0.1, 0.15) is 41.0 Å². The van der Waals surface area contributed by atoms with Crippen molar-refractivity contribution in [1.82, 2.24) is 4.90 Å². The predicted molar refractivity (Wildman–Crippen MR) is 60.9 cm³/mol. The highest BCUT2D eigenvalue weighted by Crippen LogP contribution is 2.10. The van der Waals surface area contributed by atoms with Gasteiger partial charge in [0.05, 0.1) is 12.1 Å². The molecule has 0 aliphatic rings. The minimum Gasteiger partial charge on any atom is -0.288 e. The van der Waals surface area contributed by atoms with E-state index in [1.165, 1.54) is 0 Å². The fourth-order valence-electron chi connectivity index (χ4n) is 1.70. The maximum absolute atomic E-state index is 9.03. The van der Waals surface area contributed by atoms with Crippen molar-refractivity contribution in [3.05, 3.63) is 0 Å². The van der Waals surface area contributed by atoms with Crippen molar-refractivity contribution < 1.29 is 0 Å². The number of nitrogens with zero attached hydrogens (tertiary/aromatic N) is 2. The molecule has 0 aliphatic heterocycles. The van der Waals surface area contributed by atoms with Gasteiger partial charge in [0.25, 0.3) is 0 Å². The molecule has 0 N–H and O–H groups in total. The summed E-state index contributed by atoms with van der Waals surface area (Å²) in [6.07, 6.45) is 0.927. The van der Waals surface area contributed by atoms with Crippen LogP contribution in [0.15, 0.2) is 0 Å². The lowest BCUT2D eigenvalue weighted by Gasteiger charge is -2.29. The van der Waals surface area contributed by atoms with E-state index in [1.54, 1.807) is 0 Å². The molecule has 0 heterocycles. The van der Waals surface area contributed by atoms with Crippen LogP contribution in [-0.4, -0.2) is 24.0 Å². The van der Waals surface area contributed by atoms with Crippen LogP contribution in [0.4, 0.5) is 0 Å². The van der Waals surface area contributed by atoms with Crippen LogP contribution in [0.5, 0.6) is 0 Å². The molecule has 1 unspecified atom stereocenters.